The average molecular weight is 560 g/mol. The van der Waals surface area contributed by atoms with Crippen molar-refractivity contribution in [3.05, 3.63) is 83.6 Å². The summed E-state index contributed by atoms with van der Waals surface area (Å²) in [5, 5.41) is 4.10. The molecule has 10 heteroatoms. The van der Waals surface area contributed by atoms with E-state index in [1.54, 1.807) is 30.6 Å². The number of piperidine rings is 1. The Hall–Kier alpha value is -3.79. The lowest BCUT2D eigenvalue weighted by atomic mass is 9.83. The lowest BCUT2D eigenvalue weighted by molar-refractivity contribution is 0.0217. The molecule has 3 aromatic heterocycles. The van der Waals surface area contributed by atoms with Crippen LogP contribution in [0.1, 0.15) is 61.7 Å². The van der Waals surface area contributed by atoms with Gasteiger partial charge in [0.1, 0.15) is 11.4 Å². The Bertz CT molecular complexity index is 1580. The molecule has 1 spiro atoms. The number of ether oxygens (including phenoxy) is 1. The zero-order chi connectivity index (χ0) is 27.7. The van der Waals surface area contributed by atoms with E-state index in [0.717, 1.165) is 61.6 Å². The topological polar surface area (TPSA) is 111 Å². The first-order chi connectivity index (χ1) is 19.3. The van der Waals surface area contributed by atoms with Gasteiger partial charge in [0.05, 0.1) is 22.9 Å². The highest BCUT2D eigenvalue weighted by atomic mass is 32.2. The van der Waals surface area contributed by atoms with Crippen LogP contribution in [0.2, 0.25) is 0 Å². The lowest BCUT2D eigenvalue weighted by Gasteiger charge is -2.44. The SMILES string of the molecule is CC(C)c1noc(N2CCC3(CCc4cc(-c5ccc(CS(=O)(=O)Cc6ccccn6)cn5)ccc4O3)CC2)n1. The molecule has 0 saturated carbocycles. The molecule has 6 rings (SSSR count). The van der Waals surface area contributed by atoms with Gasteiger partial charge in [-0.2, -0.15) is 4.98 Å². The molecule has 0 unspecified atom stereocenters. The van der Waals surface area contributed by atoms with E-state index in [1.165, 1.54) is 5.56 Å². The fourth-order valence-corrected chi connectivity index (χ4v) is 6.82. The van der Waals surface area contributed by atoms with Gasteiger partial charge in [-0.3, -0.25) is 9.97 Å². The van der Waals surface area contributed by atoms with Crippen molar-refractivity contribution in [3.63, 3.8) is 0 Å². The number of sulfone groups is 1. The van der Waals surface area contributed by atoms with Crippen molar-refractivity contribution >= 4 is 15.9 Å². The molecule has 1 saturated heterocycles. The summed E-state index contributed by atoms with van der Waals surface area (Å²) in [5.74, 6) is 1.75. The number of pyridine rings is 2. The quantitative estimate of drug-likeness (QED) is 0.304. The van der Waals surface area contributed by atoms with E-state index < -0.39 is 9.84 Å². The Morgan fingerprint density at radius 3 is 2.55 bits per heavy atom. The van der Waals surface area contributed by atoms with Crippen LogP contribution < -0.4 is 9.64 Å². The maximum atomic E-state index is 12.6. The number of anilines is 1. The molecule has 40 heavy (non-hydrogen) atoms. The maximum absolute atomic E-state index is 12.6. The van der Waals surface area contributed by atoms with E-state index in [-0.39, 0.29) is 23.0 Å². The van der Waals surface area contributed by atoms with Gasteiger partial charge >= 0.3 is 6.01 Å². The van der Waals surface area contributed by atoms with Gasteiger partial charge in [0.2, 0.25) is 0 Å². The zero-order valence-corrected chi connectivity index (χ0v) is 23.6. The molecule has 1 aromatic carbocycles. The van der Waals surface area contributed by atoms with Gasteiger partial charge in [-0.25, -0.2) is 8.42 Å². The molecule has 2 aliphatic rings. The molecule has 4 aromatic rings. The van der Waals surface area contributed by atoms with Gasteiger partial charge in [-0.1, -0.05) is 31.1 Å². The van der Waals surface area contributed by atoms with Gasteiger partial charge in [-0.05, 0) is 60.4 Å². The Morgan fingerprint density at radius 1 is 1.00 bits per heavy atom. The molecule has 0 aliphatic carbocycles. The summed E-state index contributed by atoms with van der Waals surface area (Å²) in [6, 6.07) is 15.8. The molecular weight excluding hydrogens is 526 g/mol. The summed E-state index contributed by atoms with van der Waals surface area (Å²) in [4.78, 5) is 15.4. The molecule has 1 fully saturated rings. The number of fused-ring (bicyclic) bond motifs is 1. The number of benzene rings is 1. The van der Waals surface area contributed by atoms with Crippen LogP contribution in [0, 0.1) is 0 Å². The highest BCUT2D eigenvalue weighted by Gasteiger charge is 2.40. The lowest BCUT2D eigenvalue weighted by Crippen LogP contribution is -2.50. The molecule has 5 heterocycles. The zero-order valence-electron chi connectivity index (χ0n) is 22.8. The maximum Gasteiger partial charge on any atom is 0.324 e. The second-order valence-electron chi connectivity index (χ2n) is 11.1. The Morgan fingerprint density at radius 2 is 1.85 bits per heavy atom. The van der Waals surface area contributed by atoms with Gasteiger partial charge < -0.3 is 14.2 Å². The van der Waals surface area contributed by atoms with Crippen LogP contribution in [0.25, 0.3) is 11.3 Å². The van der Waals surface area contributed by atoms with Gasteiger partial charge in [0.25, 0.3) is 0 Å². The van der Waals surface area contributed by atoms with Crippen molar-refractivity contribution in [2.45, 2.75) is 62.6 Å². The smallest absolute Gasteiger partial charge is 0.324 e. The highest BCUT2D eigenvalue weighted by Crippen LogP contribution is 2.41. The van der Waals surface area contributed by atoms with Crippen LogP contribution in [-0.2, 0) is 27.8 Å². The summed E-state index contributed by atoms with van der Waals surface area (Å²) >= 11 is 0. The monoisotopic (exact) mass is 559 g/mol. The van der Waals surface area contributed by atoms with Crippen molar-refractivity contribution in [1.82, 2.24) is 20.1 Å². The second-order valence-corrected chi connectivity index (χ2v) is 13.2. The van der Waals surface area contributed by atoms with Gasteiger partial charge in [0.15, 0.2) is 15.7 Å². The molecule has 2 aliphatic heterocycles. The predicted molar refractivity (Wildman–Crippen MR) is 152 cm³/mol. The normalized spacial score (nSPS) is 16.6. The largest absolute Gasteiger partial charge is 0.487 e. The van der Waals surface area contributed by atoms with Crippen LogP contribution in [0.15, 0.2) is 65.4 Å². The van der Waals surface area contributed by atoms with Crippen LogP contribution in [0.3, 0.4) is 0 Å². The van der Waals surface area contributed by atoms with Crippen LogP contribution in [0.4, 0.5) is 6.01 Å². The van der Waals surface area contributed by atoms with Crippen molar-refractivity contribution in [3.8, 4) is 17.0 Å². The minimum Gasteiger partial charge on any atom is -0.487 e. The first kappa shape index (κ1) is 26.4. The second kappa shape index (κ2) is 10.6. The standard InChI is InChI=1S/C30H33N5O4S/c1-21(2)28-33-29(39-34-28)35-15-12-30(13-16-35)11-10-24-17-23(7-9-27(24)38-30)26-8-6-22(18-32-26)19-40(36,37)20-25-5-3-4-14-31-25/h3-9,14,17-18,21H,10-13,15-16,19-20H2,1-2H3. The molecule has 9 nitrogen and oxygen atoms in total. The highest BCUT2D eigenvalue weighted by molar-refractivity contribution is 7.89. The third kappa shape index (κ3) is 5.72. The van der Waals surface area contributed by atoms with Crippen LogP contribution >= 0.6 is 0 Å². The van der Waals surface area contributed by atoms with Crippen LogP contribution in [0.5, 0.6) is 5.75 Å². The Labute approximate surface area is 234 Å². The number of nitrogens with zero attached hydrogens (tertiary/aromatic N) is 5. The third-order valence-corrected chi connectivity index (χ3v) is 9.24. The number of aromatic nitrogens is 4. The predicted octanol–water partition coefficient (Wildman–Crippen LogP) is 5.13. The molecule has 0 radical (unpaired) electrons. The average Bonchev–Trinajstić information content (AvgIpc) is 3.45. The Kier molecular flexibility index (Phi) is 7.04. The van der Waals surface area contributed by atoms with E-state index in [9.17, 15) is 8.42 Å². The van der Waals surface area contributed by atoms with E-state index in [4.69, 9.17) is 9.26 Å². The van der Waals surface area contributed by atoms with E-state index in [2.05, 4.69) is 44.9 Å². The summed E-state index contributed by atoms with van der Waals surface area (Å²) in [7, 11) is -3.35. The first-order valence-electron chi connectivity index (χ1n) is 13.7. The summed E-state index contributed by atoms with van der Waals surface area (Å²) in [5.41, 5.74) is 4.01. The van der Waals surface area contributed by atoms with E-state index in [0.29, 0.717) is 17.3 Å². The molecule has 0 atom stereocenters. The molecule has 0 amide bonds. The molecule has 208 valence electrons. The third-order valence-electron chi connectivity index (χ3n) is 7.73. The fourth-order valence-electron chi connectivity index (χ4n) is 5.42. The van der Waals surface area contributed by atoms with Crippen molar-refractivity contribution in [2.75, 3.05) is 18.0 Å². The van der Waals surface area contributed by atoms with Crippen molar-refractivity contribution in [2.24, 2.45) is 0 Å². The minimum atomic E-state index is -3.35. The molecular formula is C30H33N5O4S. The Balaban J connectivity index is 1.09. The number of rotatable bonds is 7. The minimum absolute atomic E-state index is 0.0697. The van der Waals surface area contributed by atoms with E-state index in [1.807, 2.05) is 24.3 Å². The molecule has 0 bridgehead atoms. The van der Waals surface area contributed by atoms with Crippen LogP contribution in [-0.4, -0.2) is 47.2 Å². The number of aryl methyl sites for hydroxylation is 1. The summed E-state index contributed by atoms with van der Waals surface area (Å²) in [6.07, 6.45) is 6.95. The summed E-state index contributed by atoms with van der Waals surface area (Å²) in [6.45, 7) is 5.76. The van der Waals surface area contributed by atoms with Crippen molar-refractivity contribution in [1.29, 1.82) is 0 Å². The fraction of sp³-hybridized carbons (Fsp3) is 0.400. The molecule has 0 N–H and O–H groups in total. The van der Waals surface area contributed by atoms with Crippen molar-refractivity contribution < 1.29 is 17.7 Å². The summed E-state index contributed by atoms with van der Waals surface area (Å²) < 4.78 is 37.4. The van der Waals surface area contributed by atoms with Gasteiger partial charge in [0, 0.05) is 49.8 Å². The van der Waals surface area contributed by atoms with Gasteiger partial charge in [-0.15, -0.1) is 0 Å². The van der Waals surface area contributed by atoms with E-state index >= 15 is 0 Å². The first-order valence-corrected chi connectivity index (χ1v) is 15.6. The number of hydrogen-bond donors (Lipinski definition) is 0. The number of hydrogen-bond acceptors (Lipinski definition) is 9.